The van der Waals surface area contributed by atoms with Crippen LogP contribution in [0.5, 0.6) is 0 Å². The van der Waals surface area contributed by atoms with E-state index in [9.17, 15) is 12.8 Å². The Morgan fingerprint density at radius 3 is 2.57 bits per heavy atom. The summed E-state index contributed by atoms with van der Waals surface area (Å²) in [6.45, 7) is 5.84. The van der Waals surface area contributed by atoms with Gasteiger partial charge >= 0.3 is 0 Å². The number of likely N-dealkylation sites (tertiary alicyclic amines) is 1. The van der Waals surface area contributed by atoms with Gasteiger partial charge in [0.25, 0.3) is 0 Å². The second kappa shape index (κ2) is 6.29. The smallest absolute Gasteiger partial charge is 0.240 e. The van der Waals surface area contributed by atoms with Crippen LogP contribution in [-0.2, 0) is 10.0 Å². The van der Waals surface area contributed by atoms with Crippen molar-refractivity contribution in [3.63, 3.8) is 0 Å². The number of rotatable bonds is 5. The van der Waals surface area contributed by atoms with Crippen molar-refractivity contribution < 1.29 is 12.8 Å². The lowest BCUT2D eigenvalue weighted by Gasteiger charge is -2.23. The average Bonchev–Trinajstić information content (AvgIpc) is 2.95. The summed E-state index contributed by atoms with van der Waals surface area (Å²) >= 11 is 0. The van der Waals surface area contributed by atoms with Gasteiger partial charge < -0.3 is 5.73 Å². The Hall–Kier alpha value is -1.18. The van der Waals surface area contributed by atoms with E-state index >= 15 is 0 Å². The van der Waals surface area contributed by atoms with Gasteiger partial charge in [0.15, 0.2) is 0 Å². The van der Waals surface area contributed by atoms with Gasteiger partial charge in [0, 0.05) is 12.6 Å². The molecule has 1 aromatic rings. The summed E-state index contributed by atoms with van der Waals surface area (Å²) in [5, 5.41) is 0. The summed E-state index contributed by atoms with van der Waals surface area (Å²) in [7, 11) is -3.67. The zero-order valence-electron chi connectivity index (χ0n) is 12.4. The summed E-state index contributed by atoms with van der Waals surface area (Å²) < 4.78 is 40.6. The lowest BCUT2D eigenvalue weighted by molar-refractivity contribution is 0.260. The Bertz CT molecular complexity index is 590. The number of nitrogen functional groups attached to an aromatic ring is 1. The minimum atomic E-state index is -3.67. The number of aryl methyl sites for hydroxylation is 1. The Kier molecular flexibility index (Phi) is 4.85. The molecule has 0 saturated carbocycles. The number of nitrogens with two attached hydrogens (primary N) is 1. The zero-order chi connectivity index (χ0) is 15.6. The minimum absolute atomic E-state index is 0.00696. The van der Waals surface area contributed by atoms with Crippen LogP contribution in [0, 0.1) is 12.7 Å². The highest BCUT2D eigenvalue weighted by atomic mass is 32.2. The maximum absolute atomic E-state index is 13.5. The summed E-state index contributed by atoms with van der Waals surface area (Å²) in [6.07, 6.45) is 2.32. The van der Waals surface area contributed by atoms with E-state index in [1.165, 1.54) is 13.0 Å². The molecular weight excluding hydrogens is 293 g/mol. The molecule has 1 aliphatic rings. The Morgan fingerprint density at radius 2 is 2.00 bits per heavy atom. The molecule has 0 amide bonds. The summed E-state index contributed by atoms with van der Waals surface area (Å²) in [6, 6.07) is 2.60. The number of hydrogen-bond donors (Lipinski definition) is 2. The highest BCUT2D eigenvalue weighted by Gasteiger charge is 2.22. The third kappa shape index (κ3) is 3.72. The minimum Gasteiger partial charge on any atom is -0.396 e. The molecule has 0 radical (unpaired) electrons. The van der Waals surface area contributed by atoms with E-state index in [0.717, 1.165) is 32.0 Å². The van der Waals surface area contributed by atoms with E-state index in [-0.39, 0.29) is 22.2 Å². The molecule has 21 heavy (non-hydrogen) atoms. The van der Waals surface area contributed by atoms with Crippen molar-refractivity contribution in [2.75, 3.05) is 25.4 Å². The van der Waals surface area contributed by atoms with E-state index in [4.69, 9.17) is 5.73 Å². The van der Waals surface area contributed by atoms with Gasteiger partial charge in [-0.25, -0.2) is 17.5 Å². The normalized spacial score (nSPS) is 18.0. The molecule has 0 aromatic heterocycles. The third-order valence-electron chi connectivity index (χ3n) is 3.90. The molecule has 1 aliphatic heterocycles. The third-order valence-corrected chi connectivity index (χ3v) is 5.30. The second-order valence-electron chi connectivity index (χ2n) is 5.59. The van der Waals surface area contributed by atoms with Crippen LogP contribution in [0.2, 0.25) is 0 Å². The van der Waals surface area contributed by atoms with Crippen LogP contribution in [0.1, 0.15) is 25.3 Å². The van der Waals surface area contributed by atoms with Gasteiger partial charge in [0.05, 0.1) is 10.6 Å². The molecule has 7 heteroatoms. The molecule has 1 aromatic carbocycles. The first-order valence-corrected chi connectivity index (χ1v) is 8.59. The average molecular weight is 315 g/mol. The quantitative estimate of drug-likeness (QED) is 0.807. The fourth-order valence-corrected chi connectivity index (χ4v) is 3.78. The number of nitrogens with one attached hydrogen (secondary N) is 1. The Morgan fingerprint density at radius 1 is 1.38 bits per heavy atom. The molecule has 0 bridgehead atoms. The van der Waals surface area contributed by atoms with Crippen LogP contribution in [0.3, 0.4) is 0 Å². The number of hydrogen-bond acceptors (Lipinski definition) is 4. The van der Waals surface area contributed by atoms with Crippen LogP contribution in [0.15, 0.2) is 17.0 Å². The number of anilines is 1. The van der Waals surface area contributed by atoms with Gasteiger partial charge in [-0.1, -0.05) is 0 Å². The first-order valence-electron chi connectivity index (χ1n) is 7.10. The van der Waals surface area contributed by atoms with E-state index < -0.39 is 15.8 Å². The van der Waals surface area contributed by atoms with Gasteiger partial charge in [-0.15, -0.1) is 0 Å². The second-order valence-corrected chi connectivity index (χ2v) is 7.35. The van der Waals surface area contributed by atoms with Crippen LogP contribution in [-0.4, -0.2) is 39.0 Å². The van der Waals surface area contributed by atoms with E-state index in [0.29, 0.717) is 6.54 Å². The van der Waals surface area contributed by atoms with Crippen molar-refractivity contribution in [2.45, 2.75) is 37.6 Å². The SMILES string of the molecule is Cc1cc(S(=O)(=O)NCC(C)N2CCCC2)cc(N)c1F. The number of halogens is 1. The highest BCUT2D eigenvalue weighted by molar-refractivity contribution is 7.89. The molecule has 118 valence electrons. The Labute approximate surface area is 125 Å². The maximum Gasteiger partial charge on any atom is 0.240 e. The molecule has 0 spiro atoms. The van der Waals surface area contributed by atoms with Crippen molar-refractivity contribution in [3.8, 4) is 0 Å². The molecule has 0 aliphatic carbocycles. The summed E-state index contributed by atoms with van der Waals surface area (Å²) in [5.41, 5.74) is 5.57. The van der Waals surface area contributed by atoms with Crippen molar-refractivity contribution in [2.24, 2.45) is 0 Å². The summed E-state index contributed by atoms with van der Waals surface area (Å²) in [4.78, 5) is 2.26. The molecule has 2 rings (SSSR count). The van der Waals surface area contributed by atoms with Crippen molar-refractivity contribution in [1.29, 1.82) is 0 Å². The lowest BCUT2D eigenvalue weighted by atomic mass is 10.2. The summed E-state index contributed by atoms with van der Waals surface area (Å²) in [5.74, 6) is -0.570. The predicted molar refractivity (Wildman–Crippen MR) is 81.0 cm³/mol. The molecular formula is C14H22FN3O2S. The topological polar surface area (TPSA) is 75.4 Å². The first kappa shape index (κ1) is 16.2. The molecule has 1 heterocycles. The maximum atomic E-state index is 13.5. The van der Waals surface area contributed by atoms with Gasteiger partial charge in [-0.05, 0) is 57.5 Å². The van der Waals surface area contributed by atoms with Gasteiger partial charge in [-0.3, -0.25) is 4.90 Å². The Balaban J connectivity index is 2.08. The number of benzene rings is 1. The molecule has 1 atom stereocenters. The first-order chi connectivity index (χ1) is 9.81. The molecule has 5 nitrogen and oxygen atoms in total. The molecule has 3 N–H and O–H groups in total. The fraction of sp³-hybridized carbons (Fsp3) is 0.571. The predicted octanol–water partition coefficient (Wildman–Crippen LogP) is 1.48. The van der Waals surface area contributed by atoms with Crippen molar-refractivity contribution in [3.05, 3.63) is 23.5 Å². The van der Waals surface area contributed by atoms with Crippen molar-refractivity contribution in [1.82, 2.24) is 9.62 Å². The van der Waals surface area contributed by atoms with E-state index in [1.807, 2.05) is 6.92 Å². The van der Waals surface area contributed by atoms with Gasteiger partial charge in [0.2, 0.25) is 10.0 Å². The largest absolute Gasteiger partial charge is 0.396 e. The number of nitrogens with zero attached hydrogens (tertiary/aromatic N) is 1. The lowest BCUT2D eigenvalue weighted by Crippen LogP contribution is -2.40. The van der Waals surface area contributed by atoms with E-state index in [2.05, 4.69) is 9.62 Å². The molecule has 1 unspecified atom stereocenters. The van der Waals surface area contributed by atoms with Crippen LogP contribution in [0.25, 0.3) is 0 Å². The zero-order valence-corrected chi connectivity index (χ0v) is 13.2. The van der Waals surface area contributed by atoms with E-state index in [1.54, 1.807) is 0 Å². The monoisotopic (exact) mass is 315 g/mol. The van der Waals surface area contributed by atoms with Gasteiger partial charge in [-0.2, -0.15) is 0 Å². The standard InChI is InChI=1S/C14H22FN3O2S/c1-10-7-12(8-13(16)14(10)15)21(19,20)17-9-11(2)18-5-3-4-6-18/h7-8,11,17H,3-6,9,16H2,1-2H3. The van der Waals surface area contributed by atoms with Crippen LogP contribution in [0.4, 0.5) is 10.1 Å². The van der Waals surface area contributed by atoms with Crippen LogP contribution >= 0.6 is 0 Å². The molecule has 1 fully saturated rings. The van der Waals surface area contributed by atoms with Crippen molar-refractivity contribution >= 4 is 15.7 Å². The molecule has 1 saturated heterocycles. The number of sulfonamides is 1. The van der Waals surface area contributed by atoms with Crippen LogP contribution < -0.4 is 10.5 Å². The highest BCUT2D eigenvalue weighted by Crippen LogP contribution is 2.21. The van der Waals surface area contributed by atoms with Gasteiger partial charge in [0.1, 0.15) is 5.82 Å². The fourth-order valence-electron chi connectivity index (χ4n) is 2.54.